The topological polar surface area (TPSA) is 34.1 Å². The number of rotatable bonds is 5. The summed E-state index contributed by atoms with van der Waals surface area (Å²) in [6.07, 6.45) is 5.48. The summed E-state index contributed by atoms with van der Waals surface area (Å²) in [6.45, 7) is 3.10. The van der Waals surface area contributed by atoms with Gasteiger partial charge in [-0.3, -0.25) is 4.98 Å². The maximum Gasteiger partial charge on any atom is 0.0616 e. The molecule has 1 aromatic heterocycles. The van der Waals surface area contributed by atoms with E-state index in [9.17, 15) is 0 Å². The number of ether oxygens (including phenoxy) is 1. The smallest absolute Gasteiger partial charge is 0.0616 e. The Balaban J connectivity index is 2.02. The van der Waals surface area contributed by atoms with Crippen molar-refractivity contribution in [3.05, 3.63) is 28.5 Å². The number of likely N-dealkylation sites (N-methyl/N-ethyl adjacent to an activating group) is 1. The summed E-state index contributed by atoms with van der Waals surface area (Å²) in [4.78, 5) is 4.46. The monoisotopic (exact) mass is 312 g/mol. The highest BCUT2D eigenvalue weighted by atomic mass is 79.9. The zero-order valence-electron chi connectivity index (χ0n) is 11.0. The molecule has 1 aliphatic heterocycles. The molecule has 0 saturated carbocycles. The van der Waals surface area contributed by atoms with Crippen molar-refractivity contribution in [2.45, 2.75) is 38.3 Å². The Kier molecular flexibility index (Phi) is 5.15. The lowest BCUT2D eigenvalue weighted by Crippen LogP contribution is -2.39. The molecule has 18 heavy (non-hydrogen) atoms. The van der Waals surface area contributed by atoms with Gasteiger partial charge in [0.15, 0.2) is 0 Å². The Labute approximate surface area is 117 Å². The second kappa shape index (κ2) is 6.64. The van der Waals surface area contributed by atoms with Crippen LogP contribution >= 0.6 is 15.9 Å². The lowest BCUT2D eigenvalue weighted by Gasteiger charge is -2.26. The van der Waals surface area contributed by atoms with Crippen molar-refractivity contribution in [3.63, 3.8) is 0 Å². The molecule has 0 bridgehead atoms. The van der Waals surface area contributed by atoms with E-state index >= 15 is 0 Å². The highest BCUT2D eigenvalue weighted by Crippen LogP contribution is 2.28. The second-order valence-corrected chi connectivity index (χ2v) is 5.75. The van der Waals surface area contributed by atoms with Crippen LogP contribution in [0.3, 0.4) is 0 Å². The second-order valence-electron chi connectivity index (χ2n) is 4.84. The van der Waals surface area contributed by atoms with Gasteiger partial charge in [-0.05, 0) is 48.0 Å². The lowest BCUT2D eigenvalue weighted by atomic mass is 9.88. The van der Waals surface area contributed by atoms with Crippen molar-refractivity contribution in [1.82, 2.24) is 10.3 Å². The quantitative estimate of drug-likeness (QED) is 0.908. The molecule has 1 saturated heterocycles. The fraction of sp³-hybridized carbons (Fsp3) is 0.643. The van der Waals surface area contributed by atoms with E-state index in [2.05, 4.69) is 45.3 Å². The van der Waals surface area contributed by atoms with Crippen molar-refractivity contribution in [3.8, 4) is 0 Å². The van der Waals surface area contributed by atoms with E-state index in [1.54, 1.807) is 0 Å². The van der Waals surface area contributed by atoms with E-state index in [1.165, 1.54) is 0 Å². The number of halogens is 1. The van der Waals surface area contributed by atoms with E-state index in [1.807, 2.05) is 13.2 Å². The Bertz CT molecular complexity index is 369. The maximum atomic E-state index is 5.79. The minimum absolute atomic E-state index is 0.401. The molecular formula is C14H21BrN2O. The van der Waals surface area contributed by atoms with Gasteiger partial charge < -0.3 is 10.1 Å². The van der Waals surface area contributed by atoms with Crippen LogP contribution in [0.1, 0.15) is 25.5 Å². The third kappa shape index (κ3) is 3.31. The van der Waals surface area contributed by atoms with Gasteiger partial charge in [0.25, 0.3) is 0 Å². The Hall–Kier alpha value is -0.450. The van der Waals surface area contributed by atoms with Crippen LogP contribution in [0.15, 0.2) is 22.8 Å². The van der Waals surface area contributed by atoms with Gasteiger partial charge in [-0.15, -0.1) is 0 Å². The molecule has 3 unspecified atom stereocenters. The fourth-order valence-electron chi connectivity index (χ4n) is 2.77. The summed E-state index contributed by atoms with van der Waals surface area (Å²) in [5, 5.41) is 3.44. The highest BCUT2D eigenvalue weighted by Gasteiger charge is 2.32. The van der Waals surface area contributed by atoms with Crippen LogP contribution in [-0.4, -0.2) is 30.8 Å². The molecule has 2 heterocycles. The normalized spacial score (nSPS) is 25.3. The number of nitrogens with one attached hydrogen (secondary N) is 1. The van der Waals surface area contributed by atoms with E-state index in [-0.39, 0.29) is 0 Å². The summed E-state index contributed by atoms with van der Waals surface area (Å²) in [6, 6.07) is 4.59. The highest BCUT2D eigenvalue weighted by molar-refractivity contribution is 9.10. The molecule has 100 valence electrons. The van der Waals surface area contributed by atoms with Gasteiger partial charge in [0.2, 0.25) is 0 Å². The first kappa shape index (κ1) is 14.0. The minimum Gasteiger partial charge on any atom is -0.378 e. The van der Waals surface area contributed by atoms with Crippen LogP contribution in [0.2, 0.25) is 0 Å². The molecule has 0 aromatic carbocycles. The zero-order valence-corrected chi connectivity index (χ0v) is 12.6. The molecule has 4 heteroatoms. The summed E-state index contributed by atoms with van der Waals surface area (Å²) in [5.74, 6) is 0.602. The van der Waals surface area contributed by atoms with Crippen LogP contribution in [0.25, 0.3) is 0 Å². The first-order valence-corrected chi connectivity index (χ1v) is 7.43. The SMILES string of the molecule is CCC1OCCC1C(Cc1ccc(Br)cn1)NC. The van der Waals surface area contributed by atoms with Gasteiger partial charge in [-0.25, -0.2) is 0 Å². The molecule has 3 nitrogen and oxygen atoms in total. The van der Waals surface area contributed by atoms with E-state index in [0.717, 1.165) is 36.0 Å². The average Bonchev–Trinajstić information content (AvgIpc) is 2.86. The largest absolute Gasteiger partial charge is 0.378 e. The zero-order chi connectivity index (χ0) is 13.0. The van der Waals surface area contributed by atoms with Crippen molar-refractivity contribution < 1.29 is 4.74 Å². The summed E-state index contributed by atoms with van der Waals surface area (Å²) in [5.41, 5.74) is 1.14. The summed E-state index contributed by atoms with van der Waals surface area (Å²) >= 11 is 3.42. The molecule has 1 fully saturated rings. The van der Waals surface area contributed by atoms with E-state index < -0.39 is 0 Å². The number of hydrogen-bond acceptors (Lipinski definition) is 3. The van der Waals surface area contributed by atoms with Crippen LogP contribution in [0.4, 0.5) is 0 Å². The van der Waals surface area contributed by atoms with Crippen molar-refractivity contribution in [2.24, 2.45) is 5.92 Å². The number of aromatic nitrogens is 1. The minimum atomic E-state index is 0.401. The summed E-state index contributed by atoms with van der Waals surface area (Å²) < 4.78 is 6.82. The molecule has 2 rings (SSSR count). The molecule has 1 aliphatic rings. The maximum absolute atomic E-state index is 5.79. The van der Waals surface area contributed by atoms with Gasteiger partial charge in [-0.2, -0.15) is 0 Å². The Morgan fingerprint density at radius 2 is 2.39 bits per heavy atom. The number of hydrogen-bond donors (Lipinski definition) is 1. The third-order valence-corrected chi connectivity index (χ3v) is 4.24. The van der Waals surface area contributed by atoms with Crippen LogP contribution in [0, 0.1) is 5.92 Å². The predicted molar refractivity (Wildman–Crippen MR) is 76.6 cm³/mol. The van der Waals surface area contributed by atoms with Gasteiger partial charge in [0, 0.05) is 41.4 Å². The molecule has 3 atom stereocenters. The van der Waals surface area contributed by atoms with Gasteiger partial charge in [0.1, 0.15) is 0 Å². The van der Waals surface area contributed by atoms with Crippen LogP contribution < -0.4 is 5.32 Å². The number of pyridine rings is 1. The Morgan fingerprint density at radius 3 is 3.00 bits per heavy atom. The predicted octanol–water partition coefficient (Wildman–Crippen LogP) is 2.79. The molecule has 0 radical (unpaired) electrons. The van der Waals surface area contributed by atoms with E-state index in [0.29, 0.717) is 18.1 Å². The van der Waals surface area contributed by atoms with Crippen molar-refractivity contribution >= 4 is 15.9 Å². The molecule has 0 amide bonds. The average molecular weight is 313 g/mol. The van der Waals surface area contributed by atoms with Crippen molar-refractivity contribution in [2.75, 3.05) is 13.7 Å². The third-order valence-electron chi connectivity index (χ3n) is 3.77. The molecule has 0 spiro atoms. The standard InChI is InChI=1S/C14H21BrN2O/c1-3-14-12(6-7-18-14)13(16-2)8-11-5-4-10(15)9-17-11/h4-5,9,12-14,16H,3,6-8H2,1-2H3. The van der Waals surface area contributed by atoms with Crippen LogP contribution in [0.5, 0.6) is 0 Å². The number of nitrogens with zero attached hydrogens (tertiary/aromatic N) is 1. The first-order chi connectivity index (χ1) is 8.74. The molecule has 1 N–H and O–H groups in total. The summed E-state index contributed by atoms with van der Waals surface area (Å²) in [7, 11) is 2.04. The van der Waals surface area contributed by atoms with Crippen LogP contribution in [-0.2, 0) is 11.2 Å². The first-order valence-electron chi connectivity index (χ1n) is 6.64. The molecular weight excluding hydrogens is 292 g/mol. The van der Waals surface area contributed by atoms with Crippen molar-refractivity contribution in [1.29, 1.82) is 0 Å². The van der Waals surface area contributed by atoms with Gasteiger partial charge >= 0.3 is 0 Å². The van der Waals surface area contributed by atoms with Gasteiger partial charge in [-0.1, -0.05) is 6.92 Å². The molecule has 0 aliphatic carbocycles. The molecule has 1 aromatic rings. The fourth-order valence-corrected chi connectivity index (χ4v) is 3.00. The lowest BCUT2D eigenvalue weighted by molar-refractivity contribution is 0.0782. The van der Waals surface area contributed by atoms with E-state index in [4.69, 9.17) is 4.74 Å². The Morgan fingerprint density at radius 1 is 1.56 bits per heavy atom. The van der Waals surface area contributed by atoms with Gasteiger partial charge in [0.05, 0.1) is 6.10 Å².